The van der Waals surface area contributed by atoms with Gasteiger partial charge >= 0.3 is 6.03 Å². The van der Waals surface area contributed by atoms with E-state index in [9.17, 15) is 24.5 Å². The van der Waals surface area contributed by atoms with Gasteiger partial charge in [-0.25, -0.2) is 4.79 Å². The number of nitrogens with one attached hydrogen (secondary N) is 2. The quantitative estimate of drug-likeness (QED) is 0.374. The van der Waals surface area contributed by atoms with E-state index in [-0.39, 0.29) is 17.1 Å². The van der Waals surface area contributed by atoms with Gasteiger partial charge in [0.1, 0.15) is 17.8 Å². The Hall–Kier alpha value is -3.47. The Morgan fingerprint density at radius 3 is 2.67 bits per heavy atom. The Balaban J connectivity index is 1.77. The van der Waals surface area contributed by atoms with Gasteiger partial charge in [-0.3, -0.25) is 24.6 Å². The molecule has 0 aliphatic carbocycles. The average molecular weight is 477 g/mol. The number of urea groups is 1. The minimum atomic E-state index is -1.31. The number of methoxy groups -OCH3 is 1. The fraction of sp³-hybridized carbons (Fsp3) is 0.211. The van der Waals surface area contributed by atoms with Crippen molar-refractivity contribution in [3.63, 3.8) is 0 Å². The molecule has 2 N–H and O–H groups in total. The summed E-state index contributed by atoms with van der Waals surface area (Å²) in [6.45, 7) is 1.03. The molecule has 0 radical (unpaired) electrons. The number of carbonyl (C=O) groups excluding carboxylic acids is 3. The van der Waals surface area contributed by atoms with E-state index in [4.69, 9.17) is 4.74 Å². The second kappa shape index (κ2) is 8.11. The monoisotopic (exact) mass is 476 g/mol. The largest absolute Gasteiger partial charge is 0.494 e. The second-order valence-electron chi connectivity index (χ2n) is 6.65. The number of anilines is 1. The predicted octanol–water partition coefficient (Wildman–Crippen LogP) is 2.77. The van der Waals surface area contributed by atoms with E-state index in [1.54, 1.807) is 31.2 Å². The summed E-state index contributed by atoms with van der Waals surface area (Å²) in [4.78, 5) is 48.9. The number of non-ortho nitro benzene ring substituents is 1. The Morgan fingerprint density at radius 1 is 1.30 bits per heavy atom. The first-order valence-corrected chi connectivity index (χ1v) is 9.47. The Bertz CT molecular complexity index is 1060. The van der Waals surface area contributed by atoms with Crippen molar-refractivity contribution in [2.24, 2.45) is 0 Å². The van der Waals surface area contributed by atoms with Gasteiger partial charge in [0.25, 0.3) is 11.6 Å². The van der Waals surface area contributed by atoms with Crippen LogP contribution in [0.4, 0.5) is 16.2 Å². The molecule has 2 aromatic carbocycles. The van der Waals surface area contributed by atoms with Crippen LogP contribution in [0.5, 0.6) is 5.75 Å². The molecule has 4 amide bonds. The van der Waals surface area contributed by atoms with Gasteiger partial charge in [-0.05, 0) is 30.7 Å². The molecule has 3 rings (SSSR count). The number of hydrogen-bond acceptors (Lipinski definition) is 6. The lowest BCUT2D eigenvalue weighted by Gasteiger charge is -2.22. The van der Waals surface area contributed by atoms with Gasteiger partial charge in [0.05, 0.1) is 23.8 Å². The SMILES string of the molecule is COc1cc([N+](=O)[O-])ccc1NC(=O)CN1C(=O)N[C@@](C)(c2cccc(Br)c2)C1=O. The highest BCUT2D eigenvalue weighted by atomic mass is 79.9. The summed E-state index contributed by atoms with van der Waals surface area (Å²) in [5.41, 5.74) is -0.777. The number of benzene rings is 2. The van der Waals surface area contributed by atoms with Crippen molar-refractivity contribution < 1.29 is 24.0 Å². The van der Waals surface area contributed by atoms with Gasteiger partial charge in [0.2, 0.25) is 5.91 Å². The standard InChI is InChI=1S/C19H17BrN4O6/c1-19(11-4-3-5-12(20)8-11)17(26)23(18(27)22-19)10-16(25)21-14-7-6-13(24(28)29)9-15(14)30-2/h3-9H,10H2,1-2H3,(H,21,25)(H,22,27)/t19-/m0/s1. The summed E-state index contributed by atoms with van der Waals surface area (Å²) >= 11 is 3.33. The van der Waals surface area contributed by atoms with Crippen LogP contribution < -0.4 is 15.4 Å². The van der Waals surface area contributed by atoms with Crippen LogP contribution in [0.2, 0.25) is 0 Å². The molecule has 0 bridgehead atoms. The van der Waals surface area contributed by atoms with Crippen molar-refractivity contribution in [2.75, 3.05) is 19.0 Å². The normalized spacial score (nSPS) is 18.2. The molecule has 1 heterocycles. The second-order valence-corrected chi connectivity index (χ2v) is 7.56. The third-order valence-electron chi connectivity index (χ3n) is 4.65. The van der Waals surface area contributed by atoms with E-state index >= 15 is 0 Å². The number of imide groups is 1. The van der Waals surface area contributed by atoms with Crippen molar-refractivity contribution in [3.8, 4) is 5.75 Å². The summed E-state index contributed by atoms with van der Waals surface area (Å²) in [5, 5.41) is 16.0. The molecular weight excluding hydrogens is 460 g/mol. The van der Waals surface area contributed by atoms with Crippen LogP contribution in [0.3, 0.4) is 0 Å². The van der Waals surface area contributed by atoms with Crippen LogP contribution in [0, 0.1) is 10.1 Å². The Kier molecular flexibility index (Phi) is 5.74. The maximum Gasteiger partial charge on any atom is 0.325 e. The smallest absolute Gasteiger partial charge is 0.325 e. The fourth-order valence-corrected chi connectivity index (χ4v) is 3.47. The molecule has 0 saturated carbocycles. The maximum absolute atomic E-state index is 12.9. The molecule has 0 unspecified atom stereocenters. The Morgan fingerprint density at radius 2 is 2.03 bits per heavy atom. The van der Waals surface area contributed by atoms with Gasteiger partial charge in [0.15, 0.2) is 0 Å². The number of carbonyl (C=O) groups is 3. The van der Waals surface area contributed by atoms with Gasteiger partial charge in [0, 0.05) is 10.5 Å². The molecule has 0 aromatic heterocycles. The first kappa shape index (κ1) is 21.2. The fourth-order valence-electron chi connectivity index (χ4n) is 3.07. The number of ether oxygens (including phenoxy) is 1. The molecule has 156 valence electrons. The minimum absolute atomic E-state index is 0.0775. The van der Waals surface area contributed by atoms with Crippen molar-refractivity contribution in [2.45, 2.75) is 12.5 Å². The topological polar surface area (TPSA) is 131 Å². The molecule has 30 heavy (non-hydrogen) atoms. The summed E-state index contributed by atoms with van der Waals surface area (Å²) < 4.78 is 5.81. The maximum atomic E-state index is 12.9. The molecule has 1 aliphatic heterocycles. The average Bonchev–Trinajstić information content (AvgIpc) is 2.92. The molecule has 1 atom stereocenters. The van der Waals surface area contributed by atoms with Crippen LogP contribution in [0.15, 0.2) is 46.9 Å². The van der Waals surface area contributed by atoms with Crippen LogP contribution in [-0.2, 0) is 15.1 Å². The van der Waals surface area contributed by atoms with E-state index in [0.29, 0.717) is 5.56 Å². The van der Waals surface area contributed by atoms with Gasteiger partial charge in [-0.15, -0.1) is 0 Å². The lowest BCUT2D eigenvalue weighted by atomic mass is 9.92. The molecule has 1 saturated heterocycles. The van der Waals surface area contributed by atoms with Crippen LogP contribution in [0.1, 0.15) is 12.5 Å². The van der Waals surface area contributed by atoms with E-state index in [2.05, 4.69) is 26.6 Å². The van der Waals surface area contributed by atoms with Crippen molar-refractivity contribution in [3.05, 3.63) is 62.6 Å². The number of hydrogen-bond donors (Lipinski definition) is 2. The van der Waals surface area contributed by atoms with Crippen LogP contribution in [0.25, 0.3) is 0 Å². The van der Waals surface area contributed by atoms with Gasteiger partial charge < -0.3 is 15.4 Å². The summed E-state index contributed by atoms with van der Waals surface area (Å²) in [5.74, 6) is -1.16. The highest BCUT2D eigenvalue weighted by Gasteiger charge is 2.49. The first-order valence-electron chi connectivity index (χ1n) is 8.68. The number of rotatable bonds is 6. The predicted molar refractivity (Wildman–Crippen MR) is 110 cm³/mol. The number of halogens is 1. The zero-order valence-corrected chi connectivity index (χ0v) is 17.6. The summed E-state index contributed by atoms with van der Waals surface area (Å²) in [6, 6.07) is 9.92. The number of amides is 4. The molecule has 1 aliphatic rings. The zero-order valence-electron chi connectivity index (χ0n) is 16.0. The molecule has 0 spiro atoms. The molecule has 10 nitrogen and oxygen atoms in total. The van der Waals surface area contributed by atoms with E-state index in [1.807, 2.05) is 0 Å². The molecule has 2 aromatic rings. The number of nitro benzene ring substituents is 1. The number of nitrogens with zero attached hydrogens (tertiary/aromatic N) is 2. The van der Waals surface area contributed by atoms with Crippen molar-refractivity contribution >= 4 is 45.2 Å². The van der Waals surface area contributed by atoms with Gasteiger partial charge in [-0.2, -0.15) is 0 Å². The van der Waals surface area contributed by atoms with Gasteiger partial charge in [-0.1, -0.05) is 28.1 Å². The van der Waals surface area contributed by atoms with Crippen molar-refractivity contribution in [1.82, 2.24) is 10.2 Å². The first-order chi connectivity index (χ1) is 14.2. The molecular formula is C19H17BrN4O6. The van der Waals surface area contributed by atoms with E-state index in [0.717, 1.165) is 15.4 Å². The van der Waals surface area contributed by atoms with Crippen LogP contribution >= 0.6 is 15.9 Å². The molecule has 11 heteroatoms. The van der Waals surface area contributed by atoms with E-state index < -0.39 is 34.9 Å². The number of nitro groups is 1. The summed E-state index contributed by atoms with van der Waals surface area (Å²) in [6.07, 6.45) is 0. The lowest BCUT2D eigenvalue weighted by Crippen LogP contribution is -2.42. The zero-order chi connectivity index (χ0) is 22.1. The minimum Gasteiger partial charge on any atom is -0.494 e. The summed E-state index contributed by atoms with van der Waals surface area (Å²) in [7, 11) is 1.30. The highest BCUT2D eigenvalue weighted by molar-refractivity contribution is 9.10. The lowest BCUT2D eigenvalue weighted by molar-refractivity contribution is -0.384. The van der Waals surface area contributed by atoms with Crippen LogP contribution in [-0.4, -0.2) is 41.3 Å². The highest BCUT2D eigenvalue weighted by Crippen LogP contribution is 2.31. The third kappa shape index (κ3) is 3.96. The third-order valence-corrected chi connectivity index (χ3v) is 5.14. The molecule has 1 fully saturated rings. The van der Waals surface area contributed by atoms with E-state index in [1.165, 1.54) is 19.2 Å². The Labute approximate surface area is 179 Å². The van der Waals surface area contributed by atoms with Crippen molar-refractivity contribution in [1.29, 1.82) is 0 Å².